The highest BCUT2D eigenvalue weighted by Crippen LogP contribution is 2.24. The normalized spacial score (nSPS) is 24.5. The van der Waals surface area contributed by atoms with E-state index in [1.165, 1.54) is 20.0 Å². The molecule has 0 amide bonds. The molecule has 3 nitrogen and oxygen atoms in total. The molecule has 1 saturated heterocycles. The van der Waals surface area contributed by atoms with Gasteiger partial charge in [0.05, 0.1) is 7.11 Å². The molecule has 1 aliphatic rings. The summed E-state index contributed by atoms with van der Waals surface area (Å²) in [6.45, 7) is 6.34. The van der Waals surface area contributed by atoms with Gasteiger partial charge in [-0.3, -0.25) is 9.69 Å². The SMILES string of the molecule is COC(=O)C(Br)CN1CCCC1C(C)C. The maximum atomic E-state index is 11.3. The van der Waals surface area contributed by atoms with Gasteiger partial charge in [-0.1, -0.05) is 29.8 Å². The van der Waals surface area contributed by atoms with E-state index in [-0.39, 0.29) is 10.8 Å². The van der Waals surface area contributed by atoms with Crippen molar-refractivity contribution < 1.29 is 9.53 Å². The van der Waals surface area contributed by atoms with Gasteiger partial charge in [-0.15, -0.1) is 0 Å². The second-order valence-electron chi connectivity index (χ2n) is 4.44. The Morgan fingerprint density at radius 3 is 2.80 bits per heavy atom. The minimum absolute atomic E-state index is 0.176. The van der Waals surface area contributed by atoms with E-state index in [1.54, 1.807) is 0 Å². The summed E-state index contributed by atoms with van der Waals surface area (Å²) in [5.41, 5.74) is 0. The van der Waals surface area contributed by atoms with E-state index in [9.17, 15) is 4.79 Å². The smallest absolute Gasteiger partial charge is 0.320 e. The monoisotopic (exact) mass is 277 g/mol. The first-order valence-corrected chi connectivity index (χ1v) is 6.43. The molecule has 0 aromatic carbocycles. The number of hydrogen-bond donors (Lipinski definition) is 0. The van der Waals surface area contributed by atoms with Crippen LogP contribution in [0.4, 0.5) is 0 Å². The molecule has 0 aromatic rings. The molecule has 1 aliphatic heterocycles. The molecule has 88 valence electrons. The molecule has 1 heterocycles. The lowest BCUT2D eigenvalue weighted by molar-refractivity contribution is -0.140. The molecule has 0 aliphatic carbocycles. The molecular weight excluding hydrogens is 258 g/mol. The second kappa shape index (κ2) is 5.85. The first-order valence-electron chi connectivity index (χ1n) is 5.52. The predicted molar refractivity (Wildman–Crippen MR) is 64.2 cm³/mol. The lowest BCUT2D eigenvalue weighted by Gasteiger charge is -2.28. The van der Waals surface area contributed by atoms with E-state index >= 15 is 0 Å². The third-order valence-electron chi connectivity index (χ3n) is 3.04. The number of hydrogen-bond acceptors (Lipinski definition) is 3. The molecule has 2 unspecified atom stereocenters. The number of ether oxygens (including phenoxy) is 1. The van der Waals surface area contributed by atoms with E-state index in [0.717, 1.165) is 13.1 Å². The van der Waals surface area contributed by atoms with Gasteiger partial charge in [0, 0.05) is 12.6 Å². The summed E-state index contributed by atoms with van der Waals surface area (Å²) in [6, 6.07) is 0.620. The number of likely N-dealkylation sites (tertiary alicyclic amines) is 1. The number of esters is 1. The average molecular weight is 278 g/mol. The zero-order chi connectivity index (χ0) is 11.4. The van der Waals surface area contributed by atoms with Crippen molar-refractivity contribution in [3.05, 3.63) is 0 Å². The molecule has 4 heteroatoms. The van der Waals surface area contributed by atoms with Gasteiger partial charge in [-0.05, 0) is 25.3 Å². The number of carbonyl (C=O) groups excluding carboxylic acids is 1. The highest BCUT2D eigenvalue weighted by molar-refractivity contribution is 9.10. The topological polar surface area (TPSA) is 29.5 Å². The van der Waals surface area contributed by atoms with Gasteiger partial charge < -0.3 is 4.74 Å². The minimum atomic E-state index is -0.193. The van der Waals surface area contributed by atoms with E-state index < -0.39 is 0 Å². The molecule has 0 radical (unpaired) electrons. The lowest BCUT2D eigenvalue weighted by atomic mass is 10.0. The summed E-state index contributed by atoms with van der Waals surface area (Å²) < 4.78 is 4.71. The number of carbonyl (C=O) groups is 1. The fraction of sp³-hybridized carbons (Fsp3) is 0.909. The molecule has 0 saturated carbocycles. The van der Waals surface area contributed by atoms with Gasteiger partial charge in [0.25, 0.3) is 0 Å². The van der Waals surface area contributed by atoms with Gasteiger partial charge in [-0.2, -0.15) is 0 Å². The molecule has 1 rings (SSSR count). The Morgan fingerprint density at radius 2 is 2.27 bits per heavy atom. The van der Waals surface area contributed by atoms with Crippen molar-refractivity contribution >= 4 is 21.9 Å². The summed E-state index contributed by atoms with van der Waals surface area (Å²) in [5, 5.41) is 0. The van der Waals surface area contributed by atoms with E-state index in [4.69, 9.17) is 4.74 Å². The Balaban J connectivity index is 2.46. The van der Waals surface area contributed by atoms with Crippen LogP contribution in [0.1, 0.15) is 26.7 Å². The van der Waals surface area contributed by atoms with Crippen LogP contribution >= 0.6 is 15.9 Å². The number of rotatable bonds is 4. The maximum absolute atomic E-state index is 11.3. The lowest BCUT2D eigenvalue weighted by Crippen LogP contribution is -2.39. The predicted octanol–water partition coefficient (Wildman–Crippen LogP) is 2.04. The largest absolute Gasteiger partial charge is 0.468 e. The van der Waals surface area contributed by atoms with Gasteiger partial charge in [0.15, 0.2) is 0 Å². The Bertz CT molecular complexity index is 221. The van der Waals surface area contributed by atoms with Crippen LogP contribution in [0.25, 0.3) is 0 Å². The molecule has 15 heavy (non-hydrogen) atoms. The van der Waals surface area contributed by atoms with E-state index in [1.807, 2.05) is 0 Å². The molecule has 1 fully saturated rings. The summed E-state index contributed by atoms with van der Waals surface area (Å²) in [7, 11) is 1.43. The maximum Gasteiger partial charge on any atom is 0.320 e. The Morgan fingerprint density at radius 1 is 1.60 bits per heavy atom. The zero-order valence-electron chi connectivity index (χ0n) is 9.70. The molecule has 2 atom stereocenters. The zero-order valence-corrected chi connectivity index (χ0v) is 11.3. The number of halogens is 1. The van der Waals surface area contributed by atoms with E-state index in [0.29, 0.717) is 12.0 Å². The number of nitrogens with zero attached hydrogens (tertiary/aromatic N) is 1. The molecule has 0 bridgehead atoms. The Kier molecular flexibility index (Phi) is 5.06. The van der Waals surface area contributed by atoms with Gasteiger partial charge in [-0.25, -0.2) is 0 Å². The van der Waals surface area contributed by atoms with Crippen molar-refractivity contribution in [2.45, 2.75) is 37.6 Å². The fourth-order valence-electron chi connectivity index (χ4n) is 2.24. The highest BCUT2D eigenvalue weighted by Gasteiger charge is 2.30. The molecule has 0 spiro atoms. The van der Waals surface area contributed by atoms with Crippen molar-refractivity contribution in [1.82, 2.24) is 4.90 Å². The summed E-state index contributed by atoms with van der Waals surface area (Å²) in [6.07, 6.45) is 2.49. The van der Waals surface area contributed by atoms with Crippen molar-refractivity contribution in [1.29, 1.82) is 0 Å². The van der Waals surface area contributed by atoms with Gasteiger partial charge in [0.2, 0.25) is 0 Å². The fourth-order valence-corrected chi connectivity index (χ4v) is 2.80. The van der Waals surface area contributed by atoms with Crippen LogP contribution < -0.4 is 0 Å². The van der Waals surface area contributed by atoms with Crippen LogP contribution in [0, 0.1) is 5.92 Å². The van der Waals surface area contributed by atoms with Crippen molar-refractivity contribution in [2.75, 3.05) is 20.2 Å². The minimum Gasteiger partial charge on any atom is -0.468 e. The third kappa shape index (κ3) is 3.45. The molecular formula is C11H20BrNO2. The van der Waals surface area contributed by atoms with Crippen LogP contribution in [0.2, 0.25) is 0 Å². The van der Waals surface area contributed by atoms with Crippen molar-refractivity contribution in [2.24, 2.45) is 5.92 Å². The van der Waals surface area contributed by atoms with Crippen molar-refractivity contribution in [3.63, 3.8) is 0 Å². The van der Waals surface area contributed by atoms with E-state index in [2.05, 4.69) is 34.7 Å². The Labute approximate surface area is 100 Å². The van der Waals surface area contributed by atoms with Gasteiger partial charge in [0.1, 0.15) is 4.83 Å². The van der Waals surface area contributed by atoms with Crippen LogP contribution in [-0.2, 0) is 9.53 Å². The first-order chi connectivity index (χ1) is 7.06. The quantitative estimate of drug-likeness (QED) is 0.582. The Hall–Kier alpha value is -0.0900. The standard InChI is InChI=1S/C11H20BrNO2/c1-8(2)10-5-4-6-13(10)7-9(12)11(14)15-3/h8-10H,4-7H2,1-3H3. The summed E-state index contributed by atoms with van der Waals surface area (Å²) in [5.74, 6) is 0.481. The summed E-state index contributed by atoms with van der Waals surface area (Å²) >= 11 is 3.37. The van der Waals surface area contributed by atoms with Gasteiger partial charge >= 0.3 is 5.97 Å². The number of alkyl halides is 1. The van der Waals surface area contributed by atoms with Crippen LogP contribution in [0.3, 0.4) is 0 Å². The molecule has 0 N–H and O–H groups in total. The van der Waals surface area contributed by atoms with Crippen LogP contribution in [0.5, 0.6) is 0 Å². The van der Waals surface area contributed by atoms with Crippen molar-refractivity contribution in [3.8, 4) is 0 Å². The molecule has 0 aromatic heterocycles. The van der Waals surface area contributed by atoms with Crippen LogP contribution in [-0.4, -0.2) is 41.9 Å². The second-order valence-corrected chi connectivity index (χ2v) is 5.54. The summed E-state index contributed by atoms with van der Waals surface area (Å²) in [4.78, 5) is 13.5. The average Bonchev–Trinajstić information content (AvgIpc) is 2.64. The first kappa shape index (κ1) is 13.0. The highest BCUT2D eigenvalue weighted by atomic mass is 79.9. The number of methoxy groups -OCH3 is 1. The third-order valence-corrected chi connectivity index (χ3v) is 3.70. The van der Waals surface area contributed by atoms with Crippen LogP contribution in [0.15, 0.2) is 0 Å².